The molecule has 0 saturated carbocycles. The van der Waals surface area contributed by atoms with Crippen molar-refractivity contribution in [3.8, 4) is 0 Å². The summed E-state index contributed by atoms with van der Waals surface area (Å²) < 4.78 is 30.3. The Balaban J connectivity index is 3.53. The van der Waals surface area contributed by atoms with Crippen LogP contribution in [0.5, 0.6) is 0 Å². The van der Waals surface area contributed by atoms with Crippen LogP contribution in [0.25, 0.3) is 0 Å². The van der Waals surface area contributed by atoms with Gasteiger partial charge < -0.3 is 11.5 Å². The summed E-state index contributed by atoms with van der Waals surface area (Å²) in [5.41, 5.74) is 10.1. The molecular weight excluding hydrogens is 208 g/mol. The van der Waals surface area contributed by atoms with E-state index in [1.807, 2.05) is 0 Å². The highest BCUT2D eigenvalue weighted by Gasteiger charge is 2.18. The van der Waals surface area contributed by atoms with Crippen molar-refractivity contribution in [1.29, 1.82) is 0 Å². The van der Waals surface area contributed by atoms with Crippen molar-refractivity contribution >= 4 is 21.7 Å². The average molecular weight is 216 g/mol. The van der Waals surface area contributed by atoms with Crippen LogP contribution < -0.4 is 11.5 Å². The second-order valence-electron chi connectivity index (χ2n) is 2.59. The van der Waals surface area contributed by atoms with E-state index in [0.29, 0.717) is 0 Å². The van der Waals surface area contributed by atoms with E-state index in [1.165, 1.54) is 6.07 Å². The van der Waals surface area contributed by atoms with Gasteiger partial charge in [0.1, 0.15) is 4.90 Å². The summed E-state index contributed by atoms with van der Waals surface area (Å²) in [7, 11) is -4.45. The van der Waals surface area contributed by atoms with Gasteiger partial charge in [0.25, 0.3) is 10.1 Å². The molecule has 0 aromatic heterocycles. The standard InChI is InChI=1S/C7H8N2O4S/c8-4-1-2-6(14(11,12)13)5(3-4)7(9)10/h1-3H,8H2,(H2,9,10)(H,11,12,13). The summed E-state index contributed by atoms with van der Waals surface area (Å²) in [6.45, 7) is 0. The van der Waals surface area contributed by atoms with Crippen molar-refractivity contribution in [2.24, 2.45) is 5.73 Å². The molecular formula is C7H8N2O4S. The minimum atomic E-state index is -4.45. The molecule has 0 radical (unpaired) electrons. The maximum absolute atomic E-state index is 10.8. The van der Waals surface area contributed by atoms with E-state index in [1.54, 1.807) is 0 Å². The van der Waals surface area contributed by atoms with E-state index >= 15 is 0 Å². The molecule has 0 bridgehead atoms. The maximum atomic E-state index is 10.8. The van der Waals surface area contributed by atoms with Gasteiger partial charge in [0, 0.05) is 5.69 Å². The lowest BCUT2D eigenvalue weighted by molar-refractivity contribution is 0.0997. The molecule has 0 saturated heterocycles. The zero-order valence-electron chi connectivity index (χ0n) is 6.97. The van der Waals surface area contributed by atoms with Crippen LogP contribution in [-0.2, 0) is 10.1 Å². The van der Waals surface area contributed by atoms with Crippen LogP contribution in [0.15, 0.2) is 23.1 Å². The van der Waals surface area contributed by atoms with Gasteiger partial charge in [-0.3, -0.25) is 9.35 Å². The maximum Gasteiger partial charge on any atom is 0.295 e. The highest BCUT2D eigenvalue weighted by molar-refractivity contribution is 7.86. The quantitative estimate of drug-likeness (QED) is 0.459. The Morgan fingerprint density at radius 3 is 2.36 bits per heavy atom. The minimum absolute atomic E-state index is 0.186. The topological polar surface area (TPSA) is 123 Å². The van der Waals surface area contributed by atoms with Crippen molar-refractivity contribution in [1.82, 2.24) is 0 Å². The molecule has 14 heavy (non-hydrogen) atoms. The van der Waals surface area contributed by atoms with E-state index in [-0.39, 0.29) is 11.3 Å². The third kappa shape index (κ3) is 2.01. The summed E-state index contributed by atoms with van der Waals surface area (Å²) in [5.74, 6) is -0.968. The fraction of sp³-hybridized carbons (Fsp3) is 0. The molecule has 0 spiro atoms. The first kappa shape index (κ1) is 10.5. The Kier molecular flexibility index (Phi) is 2.45. The van der Waals surface area contributed by atoms with E-state index < -0.39 is 20.9 Å². The Bertz CT molecular complexity index is 480. The first-order valence-electron chi connectivity index (χ1n) is 3.49. The molecule has 0 aliphatic carbocycles. The zero-order chi connectivity index (χ0) is 10.9. The number of amides is 1. The number of carbonyl (C=O) groups excluding carboxylic acids is 1. The van der Waals surface area contributed by atoms with Gasteiger partial charge in [-0.05, 0) is 18.2 Å². The third-order valence-corrected chi connectivity index (χ3v) is 2.46. The van der Waals surface area contributed by atoms with Crippen LogP contribution >= 0.6 is 0 Å². The number of rotatable bonds is 2. The molecule has 6 nitrogen and oxygen atoms in total. The monoisotopic (exact) mass is 216 g/mol. The first-order chi connectivity index (χ1) is 6.32. The summed E-state index contributed by atoms with van der Waals surface area (Å²) in [5, 5.41) is 0. The molecule has 76 valence electrons. The van der Waals surface area contributed by atoms with Crippen LogP contribution in [0.1, 0.15) is 10.4 Å². The van der Waals surface area contributed by atoms with Gasteiger partial charge in [-0.25, -0.2) is 0 Å². The average Bonchev–Trinajstić information content (AvgIpc) is 2.01. The predicted molar refractivity (Wildman–Crippen MR) is 49.2 cm³/mol. The van der Waals surface area contributed by atoms with Crippen LogP contribution in [-0.4, -0.2) is 18.9 Å². The normalized spacial score (nSPS) is 11.2. The molecule has 0 unspecified atom stereocenters. The fourth-order valence-electron chi connectivity index (χ4n) is 0.965. The van der Waals surface area contributed by atoms with Crippen LogP contribution in [0.4, 0.5) is 5.69 Å². The number of primary amides is 1. The van der Waals surface area contributed by atoms with Crippen molar-refractivity contribution in [2.45, 2.75) is 4.90 Å². The van der Waals surface area contributed by atoms with E-state index in [9.17, 15) is 13.2 Å². The molecule has 5 N–H and O–H groups in total. The van der Waals surface area contributed by atoms with E-state index in [4.69, 9.17) is 16.0 Å². The molecule has 0 fully saturated rings. The fourth-order valence-corrected chi connectivity index (χ4v) is 1.64. The zero-order valence-corrected chi connectivity index (χ0v) is 7.78. The Hall–Kier alpha value is -1.60. The highest BCUT2D eigenvalue weighted by Crippen LogP contribution is 2.17. The molecule has 7 heteroatoms. The first-order valence-corrected chi connectivity index (χ1v) is 4.93. The Morgan fingerprint density at radius 2 is 1.93 bits per heavy atom. The second-order valence-corrected chi connectivity index (χ2v) is 3.98. The van der Waals surface area contributed by atoms with E-state index in [2.05, 4.69) is 0 Å². The van der Waals surface area contributed by atoms with Crippen LogP contribution in [0.2, 0.25) is 0 Å². The molecule has 1 aromatic carbocycles. The van der Waals surface area contributed by atoms with Crippen LogP contribution in [0.3, 0.4) is 0 Å². The number of nitrogen functional groups attached to an aromatic ring is 1. The van der Waals surface area contributed by atoms with Gasteiger partial charge in [-0.2, -0.15) is 8.42 Å². The highest BCUT2D eigenvalue weighted by atomic mass is 32.2. The number of carbonyl (C=O) groups is 1. The number of hydrogen-bond donors (Lipinski definition) is 3. The molecule has 0 atom stereocenters. The largest absolute Gasteiger partial charge is 0.399 e. The van der Waals surface area contributed by atoms with Gasteiger partial charge in [-0.15, -0.1) is 0 Å². The Morgan fingerprint density at radius 1 is 1.36 bits per heavy atom. The molecule has 0 aliphatic rings. The molecule has 0 aliphatic heterocycles. The number of anilines is 1. The van der Waals surface area contributed by atoms with Crippen LogP contribution in [0, 0.1) is 0 Å². The SMILES string of the molecule is NC(=O)c1cc(N)ccc1S(=O)(=O)O. The third-order valence-electron chi connectivity index (χ3n) is 1.55. The molecule has 1 amide bonds. The Labute approximate surface area is 80.3 Å². The lowest BCUT2D eigenvalue weighted by Gasteiger charge is -2.03. The number of benzene rings is 1. The summed E-state index contributed by atoms with van der Waals surface area (Å²) in [6, 6.07) is 3.35. The van der Waals surface area contributed by atoms with Crippen molar-refractivity contribution in [3.05, 3.63) is 23.8 Å². The van der Waals surface area contributed by atoms with E-state index in [0.717, 1.165) is 12.1 Å². The lowest BCUT2D eigenvalue weighted by atomic mass is 10.2. The number of nitrogens with two attached hydrogens (primary N) is 2. The minimum Gasteiger partial charge on any atom is -0.399 e. The smallest absolute Gasteiger partial charge is 0.295 e. The summed E-state index contributed by atoms with van der Waals surface area (Å²) in [6.07, 6.45) is 0. The molecule has 1 aromatic rings. The van der Waals surface area contributed by atoms with Gasteiger partial charge >= 0.3 is 0 Å². The lowest BCUT2D eigenvalue weighted by Crippen LogP contribution is -2.16. The molecule has 1 rings (SSSR count). The van der Waals surface area contributed by atoms with Gasteiger partial charge in [0.15, 0.2) is 0 Å². The summed E-state index contributed by atoms with van der Waals surface area (Å²) in [4.78, 5) is 10.3. The second kappa shape index (κ2) is 3.28. The van der Waals surface area contributed by atoms with Gasteiger partial charge in [-0.1, -0.05) is 0 Å². The van der Waals surface area contributed by atoms with Crippen molar-refractivity contribution in [3.63, 3.8) is 0 Å². The predicted octanol–water partition coefficient (Wildman–Crippen LogP) is -0.386. The molecule has 0 heterocycles. The van der Waals surface area contributed by atoms with Gasteiger partial charge in [0.2, 0.25) is 5.91 Å². The van der Waals surface area contributed by atoms with Crippen molar-refractivity contribution in [2.75, 3.05) is 5.73 Å². The van der Waals surface area contributed by atoms with Crippen molar-refractivity contribution < 1.29 is 17.8 Å². The summed E-state index contributed by atoms with van der Waals surface area (Å²) >= 11 is 0. The van der Waals surface area contributed by atoms with Gasteiger partial charge in [0.05, 0.1) is 5.56 Å². The number of hydrogen-bond acceptors (Lipinski definition) is 4.